The van der Waals surface area contributed by atoms with Crippen LogP contribution in [0.15, 0.2) is 0 Å². The van der Waals surface area contributed by atoms with E-state index in [1.807, 2.05) is 0 Å². The summed E-state index contributed by atoms with van der Waals surface area (Å²) in [4.78, 5) is 10.4. The van der Waals surface area contributed by atoms with Gasteiger partial charge in [0.25, 0.3) is 0 Å². The fourth-order valence-corrected chi connectivity index (χ4v) is 0.615. The molecule has 0 aliphatic rings. The average Bonchev–Trinajstić information content (AvgIpc) is 1.63. The lowest BCUT2D eigenvalue weighted by atomic mass is 10.4. The molecule has 0 rings (SSSR count). The quantitative estimate of drug-likeness (QED) is 0.545. The van der Waals surface area contributed by atoms with Gasteiger partial charge in [0.05, 0.1) is 12.6 Å². The average molecular weight is 149 g/mol. The van der Waals surface area contributed by atoms with Crippen molar-refractivity contribution in [2.24, 2.45) is 0 Å². The maximum absolute atomic E-state index is 10.4. The smallest absolute Gasteiger partial charge is 0.229 e. The molecular weight excluding hydrogens is 138 g/mol. The molecule has 0 aliphatic heterocycles. The molecule has 0 aromatic heterocycles. The summed E-state index contributed by atoms with van der Waals surface area (Å²) < 4.78 is 1.17. The van der Waals surface area contributed by atoms with Crippen LogP contribution in [0.25, 0.3) is 0 Å². The van der Waals surface area contributed by atoms with Gasteiger partial charge in [-0.05, 0) is 6.92 Å². The van der Waals surface area contributed by atoms with Crippen molar-refractivity contribution in [3.05, 3.63) is 0 Å². The fraction of sp³-hybridized carbons (Fsp3) is 0.800. The van der Waals surface area contributed by atoms with E-state index in [9.17, 15) is 4.79 Å². The minimum absolute atomic E-state index is 0.153. The lowest BCUT2D eigenvalue weighted by molar-refractivity contribution is -0.124. The molecule has 0 bridgehead atoms. The standard InChI is InChI=1S/C5H11NO2S/c1-4(7)3-6(9)5(2)8/h4,7,9H,3H2,1-2H3. The molecule has 0 aliphatic carbocycles. The molecule has 1 amide bonds. The van der Waals surface area contributed by atoms with Crippen molar-refractivity contribution in [1.29, 1.82) is 0 Å². The van der Waals surface area contributed by atoms with Gasteiger partial charge in [-0.1, -0.05) is 12.8 Å². The molecule has 0 heterocycles. The number of hydrogen-bond donors (Lipinski definition) is 2. The second kappa shape index (κ2) is 3.74. The second-order valence-corrected chi connectivity index (χ2v) is 2.43. The van der Waals surface area contributed by atoms with Crippen LogP contribution >= 0.6 is 12.8 Å². The molecule has 1 N–H and O–H groups in total. The number of nitrogens with zero attached hydrogens (tertiary/aromatic N) is 1. The number of hydrogen-bond acceptors (Lipinski definition) is 3. The highest BCUT2D eigenvalue weighted by atomic mass is 32.1. The first-order valence-electron chi connectivity index (χ1n) is 2.69. The summed E-state index contributed by atoms with van der Waals surface area (Å²) in [5, 5.41) is 8.73. The lowest BCUT2D eigenvalue weighted by Crippen LogP contribution is -2.26. The molecule has 0 saturated carbocycles. The Bertz CT molecular complexity index is 105. The predicted octanol–water partition coefficient (Wildman–Crippen LogP) is 0.0605. The van der Waals surface area contributed by atoms with E-state index in [4.69, 9.17) is 5.11 Å². The van der Waals surface area contributed by atoms with E-state index in [1.165, 1.54) is 11.2 Å². The van der Waals surface area contributed by atoms with Gasteiger partial charge in [-0.25, -0.2) is 0 Å². The Morgan fingerprint density at radius 3 is 2.44 bits per heavy atom. The summed E-state index contributed by atoms with van der Waals surface area (Å²) in [7, 11) is 0. The number of aliphatic hydroxyl groups is 1. The van der Waals surface area contributed by atoms with E-state index in [0.717, 1.165) is 0 Å². The number of thiol groups is 1. The van der Waals surface area contributed by atoms with Crippen molar-refractivity contribution in [1.82, 2.24) is 4.31 Å². The molecule has 0 aromatic carbocycles. The Kier molecular flexibility index (Phi) is 3.65. The molecular formula is C5H11NO2S. The van der Waals surface area contributed by atoms with Crippen LogP contribution in [-0.4, -0.2) is 28.0 Å². The molecule has 0 saturated heterocycles. The third-order valence-corrected chi connectivity index (χ3v) is 1.25. The zero-order valence-corrected chi connectivity index (χ0v) is 6.43. The van der Waals surface area contributed by atoms with Crippen molar-refractivity contribution in [2.45, 2.75) is 20.0 Å². The van der Waals surface area contributed by atoms with Crippen LogP contribution in [-0.2, 0) is 4.79 Å². The minimum Gasteiger partial charge on any atom is -0.392 e. The monoisotopic (exact) mass is 149 g/mol. The summed E-state index contributed by atoms with van der Waals surface area (Å²) in [5.74, 6) is -0.153. The van der Waals surface area contributed by atoms with Gasteiger partial charge in [0.2, 0.25) is 5.91 Å². The van der Waals surface area contributed by atoms with E-state index in [2.05, 4.69) is 12.8 Å². The van der Waals surface area contributed by atoms with Crippen LogP contribution in [0.5, 0.6) is 0 Å². The SMILES string of the molecule is CC(=O)N(S)CC(C)O. The summed E-state index contributed by atoms with van der Waals surface area (Å²) in [6, 6.07) is 0. The first-order chi connectivity index (χ1) is 4.04. The highest BCUT2D eigenvalue weighted by molar-refractivity contribution is 7.78. The molecule has 54 valence electrons. The van der Waals surface area contributed by atoms with E-state index < -0.39 is 6.10 Å². The first-order valence-corrected chi connectivity index (χ1v) is 3.09. The third kappa shape index (κ3) is 4.29. The third-order valence-electron chi connectivity index (χ3n) is 0.801. The Morgan fingerprint density at radius 2 is 2.33 bits per heavy atom. The zero-order chi connectivity index (χ0) is 7.44. The van der Waals surface area contributed by atoms with Crippen LogP contribution < -0.4 is 0 Å². The highest BCUT2D eigenvalue weighted by Gasteiger charge is 2.05. The minimum atomic E-state index is -0.508. The largest absolute Gasteiger partial charge is 0.392 e. The molecule has 1 unspecified atom stereocenters. The van der Waals surface area contributed by atoms with Crippen molar-refractivity contribution in [3.8, 4) is 0 Å². The predicted molar refractivity (Wildman–Crippen MR) is 38.1 cm³/mol. The van der Waals surface area contributed by atoms with E-state index in [1.54, 1.807) is 6.92 Å². The molecule has 0 aromatic rings. The van der Waals surface area contributed by atoms with Crippen LogP contribution in [0.4, 0.5) is 0 Å². The van der Waals surface area contributed by atoms with E-state index >= 15 is 0 Å². The zero-order valence-electron chi connectivity index (χ0n) is 5.53. The van der Waals surface area contributed by atoms with Gasteiger partial charge >= 0.3 is 0 Å². The maximum atomic E-state index is 10.4. The Morgan fingerprint density at radius 1 is 1.89 bits per heavy atom. The van der Waals surface area contributed by atoms with Crippen molar-refractivity contribution in [2.75, 3.05) is 6.54 Å². The Labute approximate surface area is 60.2 Å². The number of amides is 1. The lowest BCUT2D eigenvalue weighted by Gasteiger charge is -2.13. The van der Waals surface area contributed by atoms with Crippen molar-refractivity contribution < 1.29 is 9.90 Å². The number of aliphatic hydroxyl groups excluding tert-OH is 1. The highest BCUT2D eigenvalue weighted by Crippen LogP contribution is 1.95. The Hall–Kier alpha value is -0.220. The van der Waals surface area contributed by atoms with Crippen molar-refractivity contribution in [3.63, 3.8) is 0 Å². The Balaban J connectivity index is 3.50. The summed E-state index contributed by atoms with van der Waals surface area (Å²) >= 11 is 3.79. The summed E-state index contributed by atoms with van der Waals surface area (Å²) in [6.45, 7) is 3.28. The van der Waals surface area contributed by atoms with Crippen LogP contribution in [0.2, 0.25) is 0 Å². The molecule has 0 fully saturated rings. The van der Waals surface area contributed by atoms with E-state index in [0.29, 0.717) is 0 Å². The maximum Gasteiger partial charge on any atom is 0.229 e. The van der Waals surface area contributed by atoms with Gasteiger partial charge in [-0.3, -0.25) is 9.10 Å². The van der Waals surface area contributed by atoms with Crippen molar-refractivity contribution >= 4 is 18.7 Å². The molecule has 0 spiro atoms. The fourth-order valence-electron chi connectivity index (χ4n) is 0.379. The topological polar surface area (TPSA) is 40.5 Å². The molecule has 0 radical (unpaired) electrons. The van der Waals surface area contributed by atoms with Crippen LogP contribution in [0, 0.1) is 0 Å². The summed E-state index contributed by atoms with van der Waals surface area (Å²) in [5.41, 5.74) is 0. The number of carbonyl (C=O) groups excluding carboxylic acids is 1. The number of rotatable bonds is 2. The van der Waals surface area contributed by atoms with Gasteiger partial charge in [0.1, 0.15) is 0 Å². The van der Waals surface area contributed by atoms with Gasteiger partial charge in [-0.15, -0.1) is 0 Å². The van der Waals surface area contributed by atoms with Crippen LogP contribution in [0.3, 0.4) is 0 Å². The normalized spacial score (nSPS) is 12.9. The summed E-state index contributed by atoms with van der Waals surface area (Å²) in [6.07, 6.45) is -0.508. The molecule has 4 heteroatoms. The van der Waals surface area contributed by atoms with Gasteiger partial charge in [-0.2, -0.15) is 0 Å². The van der Waals surface area contributed by atoms with E-state index in [-0.39, 0.29) is 12.5 Å². The second-order valence-electron chi connectivity index (χ2n) is 1.95. The van der Waals surface area contributed by atoms with Gasteiger partial charge in [0.15, 0.2) is 0 Å². The van der Waals surface area contributed by atoms with Gasteiger partial charge in [0, 0.05) is 6.92 Å². The number of carbonyl (C=O) groups is 1. The van der Waals surface area contributed by atoms with Gasteiger partial charge < -0.3 is 5.11 Å². The molecule has 1 atom stereocenters. The first kappa shape index (κ1) is 8.78. The molecule has 9 heavy (non-hydrogen) atoms. The van der Waals surface area contributed by atoms with Crippen LogP contribution in [0.1, 0.15) is 13.8 Å². The molecule has 3 nitrogen and oxygen atoms in total.